The first kappa shape index (κ1) is 7.03. The lowest BCUT2D eigenvalue weighted by Gasteiger charge is -2.21. The first-order chi connectivity index (χ1) is 4.34. The van der Waals surface area contributed by atoms with Gasteiger partial charge in [-0.1, -0.05) is 6.92 Å². The van der Waals surface area contributed by atoms with Gasteiger partial charge in [-0.05, 0) is 32.4 Å². The summed E-state index contributed by atoms with van der Waals surface area (Å²) >= 11 is 0. The van der Waals surface area contributed by atoms with E-state index >= 15 is 0 Å². The van der Waals surface area contributed by atoms with Gasteiger partial charge in [0.2, 0.25) is 0 Å². The molecule has 2 N–H and O–H groups in total. The zero-order chi connectivity index (χ0) is 6.69. The lowest BCUT2D eigenvalue weighted by Crippen LogP contribution is -2.39. The van der Waals surface area contributed by atoms with Gasteiger partial charge in [0.15, 0.2) is 0 Å². The summed E-state index contributed by atoms with van der Waals surface area (Å²) in [6.07, 6.45) is 4.09. The van der Waals surface area contributed by atoms with Crippen LogP contribution in [0.1, 0.15) is 26.2 Å². The highest BCUT2D eigenvalue weighted by atomic mass is 15.2. The van der Waals surface area contributed by atoms with Crippen LogP contribution in [0.5, 0.6) is 0 Å². The minimum absolute atomic E-state index is 0.326. The van der Waals surface area contributed by atoms with Crippen molar-refractivity contribution in [3.05, 3.63) is 0 Å². The van der Waals surface area contributed by atoms with E-state index in [1.54, 1.807) is 0 Å². The number of nitrogens with two attached hydrogens (primary N) is 1. The largest absolute Gasteiger partial charge is 0.316 e. The third-order valence-electron chi connectivity index (χ3n) is 2.03. The fourth-order valence-corrected chi connectivity index (χ4v) is 1.33. The lowest BCUT2D eigenvalue weighted by molar-refractivity contribution is 0.242. The Morgan fingerprint density at radius 3 is 2.44 bits per heavy atom. The number of hydrogen-bond acceptors (Lipinski definition) is 2. The van der Waals surface area contributed by atoms with Crippen LogP contribution < -0.4 is 5.73 Å². The van der Waals surface area contributed by atoms with Crippen molar-refractivity contribution in [3.8, 4) is 0 Å². The highest BCUT2D eigenvalue weighted by Gasteiger charge is 2.15. The van der Waals surface area contributed by atoms with Crippen molar-refractivity contribution >= 4 is 0 Å². The standard InChI is InChI=1S/C7H16N2/c1-2-7(8)9-5-3-4-6-9/h7H,2-6,8H2,1H3. The summed E-state index contributed by atoms with van der Waals surface area (Å²) in [5, 5.41) is 0. The zero-order valence-corrected chi connectivity index (χ0v) is 6.14. The molecule has 1 heterocycles. The molecule has 1 atom stereocenters. The van der Waals surface area contributed by atoms with Crippen molar-refractivity contribution in [2.75, 3.05) is 13.1 Å². The van der Waals surface area contributed by atoms with Crippen molar-refractivity contribution in [2.24, 2.45) is 5.73 Å². The van der Waals surface area contributed by atoms with Gasteiger partial charge in [0.1, 0.15) is 0 Å². The molecule has 1 unspecified atom stereocenters. The second-order valence-electron chi connectivity index (χ2n) is 2.72. The summed E-state index contributed by atoms with van der Waals surface area (Å²) in [5.74, 6) is 0. The molecule has 0 aliphatic carbocycles. The fraction of sp³-hybridized carbons (Fsp3) is 1.00. The van der Waals surface area contributed by atoms with Gasteiger partial charge >= 0.3 is 0 Å². The summed E-state index contributed by atoms with van der Waals surface area (Å²) in [5.41, 5.74) is 5.80. The molecule has 0 spiro atoms. The van der Waals surface area contributed by atoms with Gasteiger partial charge < -0.3 is 5.73 Å². The van der Waals surface area contributed by atoms with E-state index < -0.39 is 0 Å². The molecular formula is C7H16N2. The molecule has 0 radical (unpaired) electrons. The van der Waals surface area contributed by atoms with Gasteiger partial charge in [0, 0.05) is 0 Å². The van der Waals surface area contributed by atoms with E-state index in [0.29, 0.717) is 6.17 Å². The summed E-state index contributed by atoms with van der Waals surface area (Å²) in [7, 11) is 0. The molecule has 1 saturated heterocycles. The number of likely N-dealkylation sites (tertiary alicyclic amines) is 1. The second-order valence-corrected chi connectivity index (χ2v) is 2.72. The van der Waals surface area contributed by atoms with Crippen LogP contribution in [0.2, 0.25) is 0 Å². The molecule has 2 nitrogen and oxygen atoms in total. The highest BCUT2D eigenvalue weighted by molar-refractivity contribution is 4.70. The van der Waals surface area contributed by atoms with Crippen molar-refractivity contribution in [1.29, 1.82) is 0 Å². The lowest BCUT2D eigenvalue weighted by atomic mass is 10.3. The number of hydrogen-bond donors (Lipinski definition) is 1. The maximum Gasteiger partial charge on any atom is 0.0569 e. The van der Waals surface area contributed by atoms with Crippen molar-refractivity contribution in [1.82, 2.24) is 4.90 Å². The van der Waals surface area contributed by atoms with E-state index in [1.165, 1.54) is 25.9 Å². The average Bonchev–Trinajstić information content (AvgIpc) is 2.37. The van der Waals surface area contributed by atoms with Gasteiger partial charge in [-0.3, -0.25) is 4.90 Å². The number of nitrogens with zero attached hydrogens (tertiary/aromatic N) is 1. The Morgan fingerprint density at radius 1 is 1.44 bits per heavy atom. The third-order valence-corrected chi connectivity index (χ3v) is 2.03. The van der Waals surface area contributed by atoms with E-state index in [0.717, 1.165) is 6.42 Å². The predicted molar refractivity (Wildman–Crippen MR) is 39.1 cm³/mol. The Balaban J connectivity index is 2.24. The third kappa shape index (κ3) is 1.66. The van der Waals surface area contributed by atoms with E-state index in [4.69, 9.17) is 5.73 Å². The summed E-state index contributed by atoms with van der Waals surface area (Å²) in [6, 6.07) is 0. The first-order valence-corrected chi connectivity index (χ1v) is 3.84. The smallest absolute Gasteiger partial charge is 0.0569 e. The minimum atomic E-state index is 0.326. The van der Waals surface area contributed by atoms with E-state index in [1.807, 2.05) is 0 Å². The molecule has 0 amide bonds. The average molecular weight is 128 g/mol. The molecule has 0 bridgehead atoms. The molecule has 54 valence electrons. The molecule has 1 aliphatic rings. The molecule has 1 fully saturated rings. The molecule has 9 heavy (non-hydrogen) atoms. The summed E-state index contributed by atoms with van der Waals surface area (Å²) in [6.45, 7) is 4.58. The maximum atomic E-state index is 5.80. The monoisotopic (exact) mass is 128 g/mol. The zero-order valence-electron chi connectivity index (χ0n) is 6.14. The van der Waals surface area contributed by atoms with Gasteiger partial charge in [-0.15, -0.1) is 0 Å². The second kappa shape index (κ2) is 3.18. The van der Waals surface area contributed by atoms with Crippen LogP contribution in [-0.2, 0) is 0 Å². The molecule has 0 aromatic carbocycles. The Kier molecular flexibility index (Phi) is 2.49. The van der Waals surface area contributed by atoms with E-state index in [9.17, 15) is 0 Å². The van der Waals surface area contributed by atoms with Crippen LogP contribution in [0, 0.1) is 0 Å². The molecule has 0 aromatic rings. The van der Waals surface area contributed by atoms with Gasteiger partial charge in [-0.25, -0.2) is 0 Å². The van der Waals surface area contributed by atoms with Gasteiger partial charge in [0.25, 0.3) is 0 Å². The molecule has 0 saturated carbocycles. The fourth-order valence-electron chi connectivity index (χ4n) is 1.33. The Bertz CT molecular complexity index is 77.0. The summed E-state index contributed by atoms with van der Waals surface area (Å²) in [4.78, 5) is 2.36. The van der Waals surface area contributed by atoms with Crippen molar-refractivity contribution < 1.29 is 0 Å². The normalized spacial score (nSPS) is 24.7. The van der Waals surface area contributed by atoms with Crippen LogP contribution in [0.25, 0.3) is 0 Å². The first-order valence-electron chi connectivity index (χ1n) is 3.84. The van der Waals surface area contributed by atoms with E-state index in [-0.39, 0.29) is 0 Å². The van der Waals surface area contributed by atoms with Gasteiger partial charge in [0.05, 0.1) is 6.17 Å². The molecular weight excluding hydrogens is 112 g/mol. The minimum Gasteiger partial charge on any atom is -0.316 e. The topological polar surface area (TPSA) is 29.3 Å². The van der Waals surface area contributed by atoms with Gasteiger partial charge in [-0.2, -0.15) is 0 Å². The Hall–Kier alpha value is -0.0800. The predicted octanol–water partition coefficient (Wildman–Crippen LogP) is 0.777. The molecule has 1 aliphatic heterocycles. The SMILES string of the molecule is CCC(N)N1CCCC1. The number of rotatable bonds is 2. The highest BCUT2D eigenvalue weighted by Crippen LogP contribution is 2.09. The van der Waals surface area contributed by atoms with Crippen LogP contribution in [0.3, 0.4) is 0 Å². The Labute approximate surface area is 57.0 Å². The van der Waals surface area contributed by atoms with Crippen LogP contribution in [0.4, 0.5) is 0 Å². The quantitative estimate of drug-likeness (QED) is 0.595. The molecule has 1 rings (SSSR count). The summed E-state index contributed by atoms with van der Waals surface area (Å²) < 4.78 is 0. The molecule has 0 aromatic heterocycles. The van der Waals surface area contributed by atoms with E-state index in [2.05, 4.69) is 11.8 Å². The van der Waals surface area contributed by atoms with Crippen LogP contribution in [-0.4, -0.2) is 24.2 Å². The van der Waals surface area contributed by atoms with Crippen molar-refractivity contribution in [3.63, 3.8) is 0 Å². The van der Waals surface area contributed by atoms with Crippen LogP contribution in [0.15, 0.2) is 0 Å². The molecule has 2 heteroatoms. The maximum absolute atomic E-state index is 5.80. The van der Waals surface area contributed by atoms with Crippen molar-refractivity contribution in [2.45, 2.75) is 32.4 Å². The Morgan fingerprint density at radius 2 is 2.00 bits per heavy atom. The van der Waals surface area contributed by atoms with Crippen LogP contribution >= 0.6 is 0 Å².